The largest absolute Gasteiger partial charge is 1.00 e. The summed E-state index contributed by atoms with van der Waals surface area (Å²) in [5.74, 6) is -0.351. The number of phenolic OH excluding ortho intramolecular Hbond substituents is 1. The summed E-state index contributed by atoms with van der Waals surface area (Å²) in [6.45, 7) is 0. The molecule has 0 atom stereocenters. The smallest absolute Gasteiger partial charge is 0.507 e. The first-order chi connectivity index (χ1) is 12.0. The fraction of sp³-hybridized carbons (Fsp3) is 0. The Balaban J connectivity index is 0.00000261. The number of phenols is 1. The lowest BCUT2D eigenvalue weighted by Gasteiger charge is -2.15. The van der Waals surface area contributed by atoms with E-state index in [4.69, 9.17) is 5.73 Å². The molecule has 0 radical (unpaired) electrons. The van der Waals surface area contributed by atoms with E-state index in [1.54, 1.807) is 0 Å². The molecule has 0 aliphatic heterocycles. The summed E-state index contributed by atoms with van der Waals surface area (Å²) < 4.78 is 65.9. The van der Waals surface area contributed by atoms with Crippen LogP contribution in [0.5, 0.6) is 5.75 Å². The van der Waals surface area contributed by atoms with Crippen molar-refractivity contribution < 1.29 is 32.5 Å². The van der Waals surface area contributed by atoms with E-state index in [2.05, 4.69) is 0 Å². The Morgan fingerprint density at radius 3 is 2.04 bits per heavy atom. The minimum Gasteiger partial charge on any atom is -0.507 e. The molecular weight excluding hydrogens is 382 g/mol. The highest BCUT2D eigenvalue weighted by Gasteiger charge is 2.24. The minimum absolute atomic E-state index is 0. The molecule has 0 saturated heterocycles. The highest BCUT2D eigenvalue weighted by Crippen LogP contribution is 2.42. The SMILES string of the molecule is Nc1c(-c2ccccc2S(=O)(=O)O)cc(S(=O)(=O)O)c2cccc(O)c12.[H+]. The number of nitrogens with two attached hydrogens (primary N) is 1. The Morgan fingerprint density at radius 1 is 0.808 bits per heavy atom. The van der Waals surface area contributed by atoms with E-state index >= 15 is 0 Å². The summed E-state index contributed by atoms with van der Waals surface area (Å²) in [6, 6.07) is 10.2. The second-order valence-electron chi connectivity index (χ2n) is 5.48. The summed E-state index contributed by atoms with van der Waals surface area (Å²) >= 11 is 0. The molecule has 3 rings (SSSR count). The van der Waals surface area contributed by atoms with E-state index < -0.39 is 30.0 Å². The molecule has 8 nitrogen and oxygen atoms in total. The first-order valence-corrected chi connectivity index (χ1v) is 9.98. The highest BCUT2D eigenvalue weighted by molar-refractivity contribution is 7.86. The number of hydrogen-bond acceptors (Lipinski definition) is 6. The summed E-state index contributed by atoms with van der Waals surface area (Å²) in [6.07, 6.45) is 0. The quantitative estimate of drug-likeness (QED) is 0.388. The molecule has 3 aromatic carbocycles. The fourth-order valence-corrected chi connectivity index (χ4v) is 4.22. The van der Waals surface area contributed by atoms with E-state index in [9.17, 15) is 31.0 Å². The number of nitrogen functional groups attached to an aromatic ring is 1. The highest BCUT2D eigenvalue weighted by atomic mass is 32.2. The Bertz CT molecular complexity index is 1260. The van der Waals surface area contributed by atoms with Crippen LogP contribution in [0, 0.1) is 0 Å². The third kappa shape index (κ3) is 2.99. The Hall–Kier alpha value is -2.66. The van der Waals surface area contributed by atoms with E-state index in [0.29, 0.717) is 0 Å². The van der Waals surface area contributed by atoms with Gasteiger partial charge in [0.05, 0.1) is 5.69 Å². The number of fused-ring (bicyclic) bond motifs is 1. The molecule has 0 unspecified atom stereocenters. The number of aromatic hydroxyl groups is 1. The molecule has 0 saturated carbocycles. The van der Waals surface area contributed by atoms with Crippen LogP contribution in [0.25, 0.3) is 21.9 Å². The Labute approximate surface area is 150 Å². The summed E-state index contributed by atoms with van der Waals surface area (Å²) in [5, 5.41) is 10.0. The molecule has 0 aliphatic rings. The van der Waals surface area contributed by atoms with Crippen LogP contribution < -0.4 is 5.73 Å². The van der Waals surface area contributed by atoms with E-state index in [1.165, 1.54) is 36.4 Å². The lowest BCUT2D eigenvalue weighted by molar-refractivity contribution is 0.480. The fourth-order valence-electron chi connectivity index (χ4n) is 2.80. The van der Waals surface area contributed by atoms with Crippen LogP contribution in [0.4, 0.5) is 5.69 Å². The van der Waals surface area contributed by atoms with Gasteiger partial charge in [-0.05, 0) is 18.2 Å². The first-order valence-electron chi connectivity index (χ1n) is 7.10. The van der Waals surface area contributed by atoms with Gasteiger partial charge in [-0.15, -0.1) is 0 Å². The van der Waals surface area contributed by atoms with Crippen LogP contribution in [0.15, 0.2) is 58.3 Å². The van der Waals surface area contributed by atoms with Crippen molar-refractivity contribution in [3.05, 3.63) is 48.5 Å². The third-order valence-corrected chi connectivity index (χ3v) is 5.68. The number of anilines is 1. The maximum absolute atomic E-state index is 11.8. The average molecular weight is 396 g/mol. The van der Waals surface area contributed by atoms with Gasteiger partial charge >= 0.3 is 1.43 Å². The zero-order valence-electron chi connectivity index (χ0n) is 14.0. The van der Waals surface area contributed by atoms with Gasteiger partial charge in [-0.2, -0.15) is 16.8 Å². The van der Waals surface area contributed by atoms with Gasteiger partial charge in [-0.25, -0.2) is 0 Å². The van der Waals surface area contributed by atoms with Gasteiger partial charge in [0.2, 0.25) is 0 Å². The van der Waals surface area contributed by atoms with Crippen molar-refractivity contribution in [2.24, 2.45) is 0 Å². The lowest BCUT2D eigenvalue weighted by atomic mass is 9.98. The molecule has 0 aliphatic carbocycles. The molecule has 0 spiro atoms. The third-order valence-electron chi connectivity index (χ3n) is 3.88. The Kier molecular flexibility index (Phi) is 4.15. The molecule has 26 heavy (non-hydrogen) atoms. The molecule has 0 bridgehead atoms. The first kappa shape index (κ1) is 18.1. The van der Waals surface area contributed by atoms with Crippen LogP contribution >= 0.6 is 0 Å². The molecule has 10 heteroatoms. The normalized spacial score (nSPS) is 12.4. The standard InChI is InChI=1S/C16H13NO7S2/c17-16-11(9-4-1-2-7-13(9)25(19,20)21)8-14(26(22,23)24)10-5-3-6-12(18)15(10)16/h1-8,18H,17H2,(H,19,20,21)(H,22,23,24)/p+1. The van der Waals surface area contributed by atoms with Gasteiger partial charge < -0.3 is 10.8 Å². The summed E-state index contributed by atoms with van der Waals surface area (Å²) in [5.41, 5.74) is 5.79. The average Bonchev–Trinajstić information content (AvgIpc) is 2.53. The molecule has 5 N–H and O–H groups in total. The molecule has 136 valence electrons. The molecule has 0 fully saturated rings. The van der Waals surface area contributed by atoms with Gasteiger partial charge in [0.1, 0.15) is 15.5 Å². The van der Waals surface area contributed by atoms with Gasteiger partial charge in [-0.1, -0.05) is 30.3 Å². The van der Waals surface area contributed by atoms with E-state index in [1.807, 2.05) is 0 Å². The van der Waals surface area contributed by atoms with Gasteiger partial charge in [0, 0.05) is 21.9 Å². The number of hydrogen-bond donors (Lipinski definition) is 4. The predicted molar refractivity (Wildman–Crippen MR) is 96.2 cm³/mol. The van der Waals surface area contributed by atoms with Crippen molar-refractivity contribution in [3.63, 3.8) is 0 Å². The van der Waals surface area contributed by atoms with Crippen molar-refractivity contribution >= 4 is 36.7 Å². The van der Waals surface area contributed by atoms with E-state index in [0.717, 1.165) is 12.1 Å². The van der Waals surface area contributed by atoms with Crippen molar-refractivity contribution in [1.82, 2.24) is 0 Å². The van der Waals surface area contributed by atoms with E-state index in [-0.39, 0.29) is 34.8 Å². The lowest BCUT2D eigenvalue weighted by Crippen LogP contribution is -2.05. The zero-order chi connectivity index (χ0) is 19.3. The Morgan fingerprint density at radius 2 is 1.42 bits per heavy atom. The maximum Gasteiger partial charge on any atom is 1.00 e. The number of benzene rings is 3. The second kappa shape index (κ2) is 5.95. The molecule has 0 amide bonds. The predicted octanol–water partition coefficient (Wildman–Crippen LogP) is 2.40. The van der Waals surface area contributed by atoms with Crippen LogP contribution in [-0.2, 0) is 20.2 Å². The van der Waals surface area contributed by atoms with Crippen LogP contribution in [-0.4, -0.2) is 31.0 Å². The monoisotopic (exact) mass is 396 g/mol. The molecule has 0 heterocycles. The minimum atomic E-state index is -4.72. The second-order valence-corrected chi connectivity index (χ2v) is 8.26. The van der Waals surface area contributed by atoms with Crippen LogP contribution in [0.2, 0.25) is 0 Å². The van der Waals surface area contributed by atoms with Gasteiger partial charge in [0.25, 0.3) is 20.2 Å². The zero-order valence-corrected chi connectivity index (χ0v) is 14.6. The van der Waals surface area contributed by atoms with Crippen molar-refractivity contribution in [2.45, 2.75) is 9.79 Å². The molecular formula is C16H14NO7S2+. The van der Waals surface area contributed by atoms with Crippen molar-refractivity contribution in [3.8, 4) is 16.9 Å². The van der Waals surface area contributed by atoms with Gasteiger partial charge in [-0.3, -0.25) is 9.11 Å². The van der Waals surface area contributed by atoms with Crippen LogP contribution in [0.3, 0.4) is 0 Å². The maximum atomic E-state index is 11.8. The van der Waals surface area contributed by atoms with Crippen molar-refractivity contribution in [1.29, 1.82) is 0 Å². The molecule has 3 aromatic rings. The van der Waals surface area contributed by atoms with Crippen molar-refractivity contribution in [2.75, 3.05) is 5.73 Å². The van der Waals surface area contributed by atoms with Gasteiger partial charge in [0.15, 0.2) is 0 Å². The summed E-state index contributed by atoms with van der Waals surface area (Å²) in [7, 11) is -9.36. The summed E-state index contributed by atoms with van der Waals surface area (Å²) in [4.78, 5) is -1.06. The molecule has 0 aromatic heterocycles. The van der Waals surface area contributed by atoms with Crippen LogP contribution in [0.1, 0.15) is 1.43 Å². The topological polar surface area (TPSA) is 155 Å². The number of rotatable bonds is 3.